The molecule has 174 valence electrons. The molecule has 1 N–H and O–H groups in total. The van der Waals surface area contributed by atoms with Crippen molar-refractivity contribution in [2.24, 2.45) is 0 Å². The summed E-state index contributed by atoms with van der Waals surface area (Å²) in [6.07, 6.45) is 3.54. The molecule has 6 nitrogen and oxygen atoms in total. The first kappa shape index (κ1) is 23.5. The van der Waals surface area contributed by atoms with Crippen molar-refractivity contribution in [3.05, 3.63) is 95.1 Å². The average molecular weight is 457 g/mol. The molecule has 1 amide bonds. The molecule has 0 bridgehead atoms. The molecule has 1 fully saturated rings. The normalized spacial score (nSPS) is 15.3. The van der Waals surface area contributed by atoms with Crippen LogP contribution in [0.15, 0.2) is 72.8 Å². The number of nitrogens with one attached hydrogen (secondary N) is 1. The molecule has 0 aliphatic carbocycles. The SMILES string of the molecule is N#Cc1ccccc1COc1cccc(C(=O)Nc2cccc(COCC3CCCCO3)c2)c1. The molecule has 0 saturated carbocycles. The topological polar surface area (TPSA) is 80.6 Å². The Hall–Kier alpha value is -3.66. The van der Waals surface area contributed by atoms with Crippen molar-refractivity contribution in [1.29, 1.82) is 5.26 Å². The Labute approximate surface area is 200 Å². The van der Waals surface area contributed by atoms with Gasteiger partial charge in [0.05, 0.1) is 31.0 Å². The summed E-state index contributed by atoms with van der Waals surface area (Å²) in [5.41, 5.74) is 3.55. The number of ether oxygens (including phenoxy) is 3. The van der Waals surface area contributed by atoms with Gasteiger partial charge in [-0.1, -0.05) is 36.4 Å². The van der Waals surface area contributed by atoms with E-state index in [1.54, 1.807) is 30.3 Å². The molecule has 3 aromatic carbocycles. The molecule has 0 spiro atoms. The Balaban J connectivity index is 1.32. The molecule has 1 heterocycles. The lowest BCUT2D eigenvalue weighted by Crippen LogP contribution is -2.24. The van der Waals surface area contributed by atoms with Crippen LogP contribution in [0, 0.1) is 11.3 Å². The van der Waals surface area contributed by atoms with Gasteiger partial charge in [-0.3, -0.25) is 4.79 Å². The van der Waals surface area contributed by atoms with Crippen LogP contribution in [0.3, 0.4) is 0 Å². The van der Waals surface area contributed by atoms with Gasteiger partial charge in [-0.15, -0.1) is 0 Å². The van der Waals surface area contributed by atoms with Gasteiger partial charge in [0.1, 0.15) is 12.4 Å². The number of hydrogen-bond donors (Lipinski definition) is 1. The Kier molecular flexibility index (Phi) is 8.28. The number of amides is 1. The number of rotatable bonds is 9. The van der Waals surface area contributed by atoms with Crippen LogP contribution < -0.4 is 10.1 Å². The van der Waals surface area contributed by atoms with E-state index in [9.17, 15) is 10.1 Å². The van der Waals surface area contributed by atoms with Crippen molar-refractivity contribution in [3.63, 3.8) is 0 Å². The molecule has 34 heavy (non-hydrogen) atoms. The van der Waals surface area contributed by atoms with Crippen molar-refractivity contribution in [2.75, 3.05) is 18.5 Å². The standard InChI is InChI=1S/C28H28N2O4/c29-17-23-8-1-2-9-24(23)19-34-26-13-6-10-22(16-26)28(31)30-25-11-5-7-21(15-25)18-32-20-27-12-3-4-14-33-27/h1-2,5-11,13,15-16,27H,3-4,12,14,18-20H2,(H,30,31). The fraction of sp³-hybridized carbons (Fsp3) is 0.286. The van der Waals surface area contributed by atoms with Gasteiger partial charge in [-0.25, -0.2) is 0 Å². The van der Waals surface area contributed by atoms with Crippen LogP contribution in [0.25, 0.3) is 0 Å². The highest BCUT2D eigenvalue weighted by Crippen LogP contribution is 2.19. The third kappa shape index (κ3) is 6.67. The first-order valence-electron chi connectivity index (χ1n) is 11.5. The van der Waals surface area contributed by atoms with E-state index >= 15 is 0 Å². The highest BCUT2D eigenvalue weighted by atomic mass is 16.5. The molecule has 1 saturated heterocycles. The third-order valence-corrected chi connectivity index (χ3v) is 5.66. The van der Waals surface area contributed by atoms with Crippen LogP contribution in [0.4, 0.5) is 5.69 Å². The van der Waals surface area contributed by atoms with Crippen molar-refractivity contribution in [2.45, 2.75) is 38.6 Å². The van der Waals surface area contributed by atoms with Crippen LogP contribution in [-0.4, -0.2) is 25.2 Å². The number of nitrogens with zero attached hydrogens (tertiary/aromatic N) is 1. The van der Waals surface area contributed by atoms with Gasteiger partial charge in [-0.05, 0) is 61.2 Å². The Morgan fingerprint density at radius 3 is 2.76 bits per heavy atom. The second-order valence-electron chi connectivity index (χ2n) is 8.24. The predicted octanol–water partition coefficient (Wildman–Crippen LogP) is 5.48. The second-order valence-corrected chi connectivity index (χ2v) is 8.24. The minimum absolute atomic E-state index is 0.180. The summed E-state index contributed by atoms with van der Waals surface area (Å²) < 4.78 is 17.4. The molecule has 6 heteroatoms. The monoisotopic (exact) mass is 456 g/mol. The Morgan fingerprint density at radius 2 is 1.91 bits per heavy atom. The smallest absolute Gasteiger partial charge is 0.255 e. The zero-order valence-corrected chi connectivity index (χ0v) is 19.0. The molecular weight excluding hydrogens is 428 g/mol. The van der Waals surface area contributed by atoms with Gasteiger partial charge >= 0.3 is 0 Å². The van der Waals surface area contributed by atoms with Crippen molar-refractivity contribution in [3.8, 4) is 11.8 Å². The van der Waals surface area contributed by atoms with Crippen LogP contribution in [0.1, 0.15) is 46.3 Å². The zero-order valence-electron chi connectivity index (χ0n) is 19.0. The van der Waals surface area contributed by atoms with Gasteiger partial charge in [-0.2, -0.15) is 5.26 Å². The van der Waals surface area contributed by atoms with Crippen molar-refractivity contribution < 1.29 is 19.0 Å². The molecule has 0 radical (unpaired) electrons. The summed E-state index contributed by atoms with van der Waals surface area (Å²) in [7, 11) is 0. The maximum absolute atomic E-state index is 12.8. The van der Waals surface area contributed by atoms with E-state index < -0.39 is 0 Å². The van der Waals surface area contributed by atoms with Gasteiger partial charge < -0.3 is 19.5 Å². The minimum atomic E-state index is -0.225. The first-order chi connectivity index (χ1) is 16.7. The molecule has 0 aromatic heterocycles. The molecule has 3 aromatic rings. The average Bonchev–Trinajstić information content (AvgIpc) is 2.88. The summed E-state index contributed by atoms with van der Waals surface area (Å²) in [6, 6.07) is 24.1. The van der Waals surface area contributed by atoms with Gasteiger partial charge in [0.2, 0.25) is 0 Å². The minimum Gasteiger partial charge on any atom is -0.489 e. The molecule has 1 aliphatic rings. The number of carbonyl (C=O) groups is 1. The van der Waals surface area contributed by atoms with Gasteiger partial charge in [0, 0.05) is 23.4 Å². The summed E-state index contributed by atoms with van der Waals surface area (Å²) >= 11 is 0. The van der Waals surface area contributed by atoms with Crippen molar-refractivity contribution in [1.82, 2.24) is 0 Å². The Morgan fingerprint density at radius 1 is 1.03 bits per heavy atom. The fourth-order valence-electron chi connectivity index (χ4n) is 3.83. The summed E-state index contributed by atoms with van der Waals surface area (Å²) in [6.45, 7) is 2.12. The maximum Gasteiger partial charge on any atom is 0.255 e. The zero-order chi connectivity index (χ0) is 23.6. The van der Waals surface area contributed by atoms with E-state index in [-0.39, 0.29) is 18.6 Å². The van der Waals surface area contributed by atoms with E-state index in [0.717, 1.165) is 30.6 Å². The van der Waals surface area contributed by atoms with E-state index in [2.05, 4.69) is 11.4 Å². The lowest BCUT2D eigenvalue weighted by molar-refractivity contribution is -0.0447. The van der Waals surface area contributed by atoms with E-state index in [1.165, 1.54) is 6.42 Å². The molecule has 1 unspecified atom stereocenters. The van der Waals surface area contributed by atoms with Crippen LogP contribution in [-0.2, 0) is 22.7 Å². The van der Waals surface area contributed by atoms with Crippen LogP contribution in [0.5, 0.6) is 5.75 Å². The van der Waals surface area contributed by atoms with E-state index in [1.807, 2.05) is 42.5 Å². The quantitative estimate of drug-likeness (QED) is 0.461. The highest BCUT2D eigenvalue weighted by molar-refractivity contribution is 6.04. The van der Waals surface area contributed by atoms with Crippen LogP contribution in [0.2, 0.25) is 0 Å². The van der Waals surface area contributed by atoms with Crippen molar-refractivity contribution >= 4 is 11.6 Å². The molecule has 1 aliphatic heterocycles. The number of nitriles is 1. The number of anilines is 1. The lowest BCUT2D eigenvalue weighted by atomic mass is 10.1. The molecule has 4 rings (SSSR count). The first-order valence-corrected chi connectivity index (χ1v) is 11.5. The van der Waals surface area contributed by atoms with E-state index in [0.29, 0.717) is 35.8 Å². The lowest BCUT2D eigenvalue weighted by Gasteiger charge is -2.22. The third-order valence-electron chi connectivity index (χ3n) is 5.66. The number of benzene rings is 3. The second kappa shape index (κ2) is 12.0. The van der Waals surface area contributed by atoms with Crippen LogP contribution >= 0.6 is 0 Å². The predicted molar refractivity (Wildman–Crippen MR) is 130 cm³/mol. The number of carbonyl (C=O) groups excluding carboxylic acids is 1. The van der Waals surface area contributed by atoms with Gasteiger partial charge in [0.25, 0.3) is 5.91 Å². The highest BCUT2D eigenvalue weighted by Gasteiger charge is 2.14. The summed E-state index contributed by atoms with van der Waals surface area (Å²) in [5, 5.41) is 12.2. The number of hydrogen-bond acceptors (Lipinski definition) is 5. The molecule has 1 atom stereocenters. The summed E-state index contributed by atoms with van der Waals surface area (Å²) in [5.74, 6) is 0.337. The summed E-state index contributed by atoms with van der Waals surface area (Å²) in [4.78, 5) is 12.8. The maximum atomic E-state index is 12.8. The molecular formula is C28H28N2O4. The van der Waals surface area contributed by atoms with E-state index in [4.69, 9.17) is 14.2 Å². The van der Waals surface area contributed by atoms with Gasteiger partial charge in [0.15, 0.2) is 0 Å². The Bertz CT molecular complexity index is 1150. The fourth-order valence-corrected chi connectivity index (χ4v) is 3.83. The largest absolute Gasteiger partial charge is 0.489 e.